The zero-order chi connectivity index (χ0) is 19.3. The van der Waals surface area contributed by atoms with Crippen molar-refractivity contribution < 1.29 is 0 Å². The van der Waals surface area contributed by atoms with Crippen LogP contribution in [-0.4, -0.2) is 43.8 Å². The van der Waals surface area contributed by atoms with Gasteiger partial charge in [0.15, 0.2) is 5.82 Å². The van der Waals surface area contributed by atoms with Gasteiger partial charge in [-0.1, -0.05) is 19.8 Å². The van der Waals surface area contributed by atoms with Crippen molar-refractivity contribution in [2.75, 3.05) is 29.9 Å². The number of hydrogen-bond acceptors (Lipinski definition) is 6. The van der Waals surface area contributed by atoms with E-state index in [-0.39, 0.29) is 0 Å². The van der Waals surface area contributed by atoms with E-state index in [2.05, 4.69) is 31.1 Å². The van der Waals surface area contributed by atoms with Crippen molar-refractivity contribution in [3.05, 3.63) is 30.9 Å². The first kappa shape index (κ1) is 18.7. The van der Waals surface area contributed by atoms with E-state index in [0.29, 0.717) is 6.04 Å². The van der Waals surface area contributed by atoms with Crippen LogP contribution in [0.1, 0.15) is 51.5 Å². The molecule has 2 aliphatic rings. The third kappa shape index (κ3) is 3.96. The maximum absolute atomic E-state index is 4.85. The zero-order valence-electron chi connectivity index (χ0n) is 16.6. The molecule has 1 aliphatic heterocycles. The lowest BCUT2D eigenvalue weighted by atomic mass is 10.2. The van der Waals surface area contributed by atoms with Gasteiger partial charge >= 0.3 is 0 Å². The molecule has 2 fully saturated rings. The van der Waals surface area contributed by atoms with Crippen LogP contribution >= 0.6 is 0 Å². The van der Waals surface area contributed by atoms with Crippen molar-refractivity contribution in [2.24, 2.45) is 5.73 Å². The number of nitrogens with zero attached hydrogens (tertiary/aromatic N) is 6. The summed E-state index contributed by atoms with van der Waals surface area (Å²) in [6, 6.07) is 4.63. The second-order valence-corrected chi connectivity index (χ2v) is 7.47. The molecule has 28 heavy (non-hydrogen) atoms. The number of nitrogens with two attached hydrogens (primary N) is 1. The van der Waals surface area contributed by atoms with Gasteiger partial charge in [-0.25, -0.2) is 9.50 Å². The Kier molecular flexibility index (Phi) is 5.76. The number of fused-ring (bicyclic) bond motifs is 1. The minimum Gasteiger partial charge on any atom is -0.340 e. The number of imidazole rings is 1. The molecule has 1 saturated heterocycles. The highest BCUT2D eigenvalue weighted by Gasteiger charge is 2.19. The number of rotatable bonds is 4. The van der Waals surface area contributed by atoms with Crippen LogP contribution < -0.4 is 16.0 Å². The van der Waals surface area contributed by atoms with Gasteiger partial charge in [-0.3, -0.25) is 0 Å². The van der Waals surface area contributed by atoms with Gasteiger partial charge in [-0.05, 0) is 44.4 Å². The molecule has 0 unspecified atom stereocenters. The summed E-state index contributed by atoms with van der Waals surface area (Å²) in [6.07, 6.45) is 13.6. The lowest BCUT2D eigenvalue weighted by Gasteiger charge is -2.16. The highest BCUT2D eigenvalue weighted by molar-refractivity contribution is 5.72. The van der Waals surface area contributed by atoms with Gasteiger partial charge in [0.05, 0.1) is 6.33 Å². The van der Waals surface area contributed by atoms with Crippen molar-refractivity contribution in [1.82, 2.24) is 24.1 Å². The first-order valence-electron chi connectivity index (χ1n) is 10.4. The van der Waals surface area contributed by atoms with Gasteiger partial charge in [0.2, 0.25) is 5.95 Å². The van der Waals surface area contributed by atoms with Crippen molar-refractivity contribution in [1.29, 1.82) is 0 Å². The summed E-state index contributed by atoms with van der Waals surface area (Å²) >= 11 is 0. The fraction of sp³-hybridized carbons (Fsp3) is 0.550. The third-order valence-electron chi connectivity index (χ3n) is 5.36. The van der Waals surface area contributed by atoms with Crippen LogP contribution in [0, 0.1) is 0 Å². The number of nitrogens with one attached hydrogen (secondary N) is 1. The molecule has 3 aromatic heterocycles. The molecule has 150 valence electrons. The van der Waals surface area contributed by atoms with Crippen molar-refractivity contribution in [2.45, 2.75) is 51.5 Å². The molecule has 5 rings (SSSR count). The minimum absolute atomic E-state index is 0.599. The Morgan fingerprint density at radius 2 is 1.93 bits per heavy atom. The highest BCUT2D eigenvalue weighted by atomic mass is 15.4. The van der Waals surface area contributed by atoms with Gasteiger partial charge in [-0.2, -0.15) is 4.98 Å². The van der Waals surface area contributed by atoms with E-state index in [0.717, 1.165) is 42.7 Å². The molecule has 0 aromatic carbocycles. The minimum atomic E-state index is 0.599. The van der Waals surface area contributed by atoms with E-state index in [1.54, 1.807) is 0 Å². The van der Waals surface area contributed by atoms with E-state index in [1.807, 2.05) is 36.1 Å². The molecule has 0 bridgehead atoms. The Bertz CT molecular complexity index is 887. The Labute approximate surface area is 165 Å². The predicted molar refractivity (Wildman–Crippen MR) is 112 cm³/mol. The predicted octanol–water partition coefficient (Wildman–Crippen LogP) is 3.35. The fourth-order valence-electron chi connectivity index (χ4n) is 3.99. The van der Waals surface area contributed by atoms with Crippen LogP contribution in [0.15, 0.2) is 30.9 Å². The largest absolute Gasteiger partial charge is 0.340 e. The second-order valence-electron chi connectivity index (χ2n) is 7.47. The Hall–Kier alpha value is -2.61. The molecule has 3 N–H and O–H groups in total. The normalized spacial score (nSPS) is 17.1. The molecule has 1 saturated carbocycles. The maximum Gasteiger partial charge on any atom is 0.245 e. The third-order valence-corrected chi connectivity index (χ3v) is 5.36. The Morgan fingerprint density at radius 1 is 1.18 bits per heavy atom. The average molecular weight is 383 g/mol. The lowest BCUT2D eigenvalue weighted by molar-refractivity contribution is 0.518. The molecule has 0 radical (unpaired) electrons. The molecular formula is C20H30N8. The van der Waals surface area contributed by atoms with Crippen LogP contribution in [0.3, 0.4) is 0 Å². The van der Waals surface area contributed by atoms with Crippen LogP contribution in [0.2, 0.25) is 0 Å². The van der Waals surface area contributed by atoms with Gasteiger partial charge in [0.25, 0.3) is 0 Å². The van der Waals surface area contributed by atoms with Gasteiger partial charge in [0, 0.05) is 31.5 Å². The zero-order valence-corrected chi connectivity index (χ0v) is 16.6. The molecule has 0 atom stereocenters. The van der Waals surface area contributed by atoms with Crippen LogP contribution in [-0.2, 0) is 0 Å². The first-order chi connectivity index (χ1) is 13.8. The Morgan fingerprint density at radius 3 is 2.68 bits per heavy atom. The first-order valence-corrected chi connectivity index (χ1v) is 10.4. The van der Waals surface area contributed by atoms with Gasteiger partial charge in [-0.15, -0.1) is 5.10 Å². The summed E-state index contributed by atoms with van der Waals surface area (Å²) < 4.78 is 4.14. The molecule has 8 heteroatoms. The standard InChI is InChI=1S/C18H23N7.C2H7N/c1-2-7-14(6-1)24-12-16(19-13-24)20-17-15-8-5-11-25(15)22-18(21-17)23-9-3-4-10-23;1-2-3/h5,8,11-14H,1-4,6-7,9-10H2,(H,20,21,22);2-3H2,1H3. The maximum atomic E-state index is 4.85. The summed E-state index contributed by atoms with van der Waals surface area (Å²) in [5, 5.41) is 8.06. The SMILES string of the molecule is CCN.c1cc2c(Nc3cn(C4CCCC4)cn3)nc(N3CCCC3)nn2c1. The van der Waals surface area contributed by atoms with Crippen molar-refractivity contribution in [3.63, 3.8) is 0 Å². The van der Waals surface area contributed by atoms with Crippen LogP contribution in [0.5, 0.6) is 0 Å². The van der Waals surface area contributed by atoms with E-state index in [9.17, 15) is 0 Å². The number of hydrogen-bond donors (Lipinski definition) is 2. The molecule has 0 amide bonds. The summed E-state index contributed by atoms with van der Waals surface area (Å²) in [7, 11) is 0. The van der Waals surface area contributed by atoms with E-state index in [1.165, 1.54) is 38.5 Å². The molecule has 4 heterocycles. The summed E-state index contributed by atoms with van der Waals surface area (Å²) in [5.41, 5.74) is 5.82. The molecule has 8 nitrogen and oxygen atoms in total. The van der Waals surface area contributed by atoms with Crippen LogP contribution in [0.25, 0.3) is 5.52 Å². The second kappa shape index (κ2) is 8.60. The highest BCUT2D eigenvalue weighted by Crippen LogP contribution is 2.30. The molecular weight excluding hydrogens is 352 g/mol. The number of anilines is 3. The van der Waals surface area contributed by atoms with Crippen molar-refractivity contribution >= 4 is 23.1 Å². The molecule has 1 aliphatic carbocycles. The molecule has 0 spiro atoms. The topological polar surface area (TPSA) is 89.3 Å². The molecule has 3 aromatic rings. The Balaban J connectivity index is 0.000000604. The van der Waals surface area contributed by atoms with Gasteiger partial charge < -0.3 is 20.5 Å². The summed E-state index contributed by atoms with van der Waals surface area (Å²) in [4.78, 5) is 11.6. The van der Waals surface area contributed by atoms with E-state index < -0.39 is 0 Å². The smallest absolute Gasteiger partial charge is 0.245 e. The van der Waals surface area contributed by atoms with Gasteiger partial charge in [0.1, 0.15) is 11.3 Å². The van der Waals surface area contributed by atoms with Crippen LogP contribution in [0.4, 0.5) is 17.6 Å². The van der Waals surface area contributed by atoms with E-state index in [4.69, 9.17) is 10.7 Å². The monoisotopic (exact) mass is 382 g/mol. The fourth-order valence-corrected chi connectivity index (χ4v) is 3.99. The summed E-state index contributed by atoms with van der Waals surface area (Å²) in [5.74, 6) is 2.46. The van der Waals surface area contributed by atoms with E-state index >= 15 is 0 Å². The number of aromatic nitrogens is 5. The lowest BCUT2D eigenvalue weighted by Crippen LogP contribution is -2.22. The van der Waals surface area contributed by atoms with Crippen molar-refractivity contribution in [3.8, 4) is 0 Å². The average Bonchev–Trinajstić information content (AvgIpc) is 3.49. The summed E-state index contributed by atoms with van der Waals surface area (Å²) in [6.45, 7) is 4.71. The quantitative estimate of drug-likeness (QED) is 0.719.